The second-order valence-corrected chi connectivity index (χ2v) is 9.46. The van der Waals surface area contributed by atoms with Gasteiger partial charge < -0.3 is 9.47 Å². The van der Waals surface area contributed by atoms with Gasteiger partial charge in [-0.15, -0.1) is 0 Å². The van der Waals surface area contributed by atoms with Crippen LogP contribution in [0.15, 0.2) is 72.8 Å². The highest BCUT2D eigenvalue weighted by molar-refractivity contribution is 7.88. The Morgan fingerprint density at radius 1 is 0.903 bits per heavy atom. The highest BCUT2D eigenvalue weighted by atomic mass is 32.2. The molecule has 31 heavy (non-hydrogen) atoms. The fraction of sp³-hybridized carbons (Fsp3) is 0.250. The van der Waals surface area contributed by atoms with Gasteiger partial charge in [-0.3, -0.25) is 0 Å². The van der Waals surface area contributed by atoms with E-state index < -0.39 is 10.0 Å². The van der Waals surface area contributed by atoms with E-state index >= 15 is 0 Å². The second kappa shape index (κ2) is 9.60. The maximum Gasteiger partial charge on any atom is 0.218 e. The molecule has 0 bridgehead atoms. The molecule has 3 aromatic carbocycles. The molecule has 0 N–H and O–H groups in total. The van der Waals surface area contributed by atoms with E-state index in [0.717, 1.165) is 22.3 Å². The number of hydrogen-bond acceptors (Lipinski definition) is 4. The van der Waals surface area contributed by atoms with E-state index in [2.05, 4.69) is 0 Å². The zero-order valence-electron chi connectivity index (χ0n) is 17.0. The number of hydrogen-bond donors (Lipinski definition) is 0. The Balaban J connectivity index is 1.43. The normalized spacial score (nSPS) is 14.5. The molecule has 1 aliphatic heterocycles. The molecule has 0 atom stereocenters. The average molecular weight is 442 g/mol. The lowest BCUT2D eigenvalue weighted by atomic mass is 10.1. The van der Waals surface area contributed by atoms with Gasteiger partial charge in [-0.25, -0.2) is 12.8 Å². The topological polar surface area (TPSA) is 55.8 Å². The van der Waals surface area contributed by atoms with Crippen molar-refractivity contribution < 1.29 is 22.3 Å². The summed E-state index contributed by atoms with van der Waals surface area (Å²) in [6.45, 7) is 1.48. The summed E-state index contributed by atoms with van der Waals surface area (Å²) in [5.41, 5.74) is 3.23. The molecule has 0 fully saturated rings. The van der Waals surface area contributed by atoms with Crippen LogP contribution in [0, 0.1) is 5.82 Å². The van der Waals surface area contributed by atoms with Gasteiger partial charge in [-0.05, 0) is 41.0 Å². The van der Waals surface area contributed by atoms with Crippen LogP contribution in [0.5, 0.6) is 5.75 Å². The first-order valence-electron chi connectivity index (χ1n) is 10.1. The lowest BCUT2D eigenvalue weighted by Gasteiger charge is -2.19. The Hall–Kier alpha value is -2.74. The first kappa shape index (κ1) is 21.5. The molecule has 7 heteroatoms. The molecule has 0 amide bonds. The number of fused-ring (bicyclic) bond motifs is 1. The van der Waals surface area contributed by atoms with Crippen LogP contribution in [0.3, 0.4) is 0 Å². The number of sulfonamides is 1. The number of rotatable bonds is 7. The molecule has 0 aromatic heterocycles. The van der Waals surface area contributed by atoms with Crippen molar-refractivity contribution in [3.8, 4) is 5.75 Å². The Bertz CT molecular complexity index is 1140. The molecule has 1 heterocycles. The van der Waals surface area contributed by atoms with Crippen LogP contribution in [0.25, 0.3) is 0 Å². The Morgan fingerprint density at radius 2 is 1.65 bits per heavy atom. The highest BCUT2D eigenvalue weighted by Crippen LogP contribution is 2.27. The summed E-state index contributed by atoms with van der Waals surface area (Å²) in [5, 5.41) is 0. The molecule has 162 valence electrons. The van der Waals surface area contributed by atoms with E-state index in [-0.39, 0.29) is 18.1 Å². The molecular weight excluding hydrogens is 417 g/mol. The fourth-order valence-electron chi connectivity index (χ4n) is 3.54. The minimum absolute atomic E-state index is 0.0421. The lowest BCUT2D eigenvalue weighted by Crippen LogP contribution is -2.33. The van der Waals surface area contributed by atoms with Crippen molar-refractivity contribution in [3.05, 3.63) is 101 Å². The van der Waals surface area contributed by atoms with E-state index in [4.69, 9.17) is 9.47 Å². The first-order chi connectivity index (χ1) is 15.0. The van der Waals surface area contributed by atoms with E-state index in [1.54, 1.807) is 6.07 Å². The van der Waals surface area contributed by atoms with Crippen LogP contribution in [-0.4, -0.2) is 25.9 Å². The standard InChI is InChI=1S/C24H24FNO4S/c25-23-8-4-7-20(14-23)16-29-17-21-9-10-24-22(13-21)15-26(11-12-30-24)31(27,28)18-19-5-2-1-3-6-19/h1-10,13-14H,11-12,15-18H2. The van der Waals surface area contributed by atoms with Gasteiger partial charge in [0.2, 0.25) is 10.0 Å². The Morgan fingerprint density at radius 3 is 2.42 bits per heavy atom. The average Bonchev–Trinajstić information content (AvgIpc) is 2.97. The van der Waals surface area contributed by atoms with Gasteiger partial charge in [-0.2, -0.15) is 4.31 Å². The van der Waals surface area contributed by atoms with Crippen LogP contribution in [-0.2, 0) is 40.3 Å². The third kappa shape index (κ3) is 5.70. The van der Waals surface area contributed by atoms with E-state index in [1.165, 1.54) is 16.4 Å². The van der Waals surface area contributed by atoms with Crippen molar-refractivity contribution in [3.63, 3.8) is 0 Å². The summed E-state index contributed by atoms with van der Waals surface area (Å²) in [6, 6.07) is 21.1. The summed E-state index contributed by atoms with van der Waals surface area (Å²) in [6.07, 6.45) is 0. The predicted octanol–water partition coefficient (Wildman–Crippen LogP) is 4.27. The van der Waals surface area contributed by atoms with Gasteiger partial charge in [0.15, 0.2) is 0 Å². The number of halogens is 1. The van der Waals surface area contributed by atoms with E-state index in [9.17, 15) is 12.8 Å². The molecule has 0 aliphatic carbocycles. The summed E-state index contributed by atoms with van der Waals surface area (Å²) < 4.78 is 52.2. The van der Waals surface area contributed by atoms with E-state index in [0.29, 0.717) is 32.1 Å². The van der Waals surface area contributed by atoms with Crippen molar-refractivity contribution in [2.75, 3.05) is 13.2 Å². The predicted molar refractivity (Wildman–Crippen MR) is 116 cm³/mol. The Kier molecular flexibility index (Phi) is 6.65. The molecule has 3 aromatic rings. The summed E-state index contributed by atoms with van der Waals surface area (Å²) >= 11 is 0. The Labute approximate surface area is 182 Å². The van der Waals surface area contributed by atoms with E-state index in [1.807, 2.05) is 54.6 Å². The maximum atomic E-state index is 13.3. The molecule has 0 spiro atoms. The molecule has 4 rings (SSSR count). The minimum atomic E-state index is -3.49. The summed E-state index contributed by atoms with van der Waals surface area (Å²) in [4.78, 5) is 0. The molecule has 0 saturated heterocycles. The molecule has 5 nitrogen and oxygen atoms in total. The maximum absolute atomic E-state index is 13.3. The van der Waals surface area contributed by atoms with Gasteiger partial charge in [0.25, 0.3) is 0 Å². The summed E-state index contributed by atoms with van der Waals surface area (Å²) in [5.74, 6) is 0.353. The molecule has 0 radical (unpaired) electrons. The van der Waals surface area contributed by atoms with Gasteiger partial charge in [0.05, 0.1) is 19.0 Å². The quantitative estimate of drug-likeness (QED) is 0.550. The van der Waals surface area contributed by atoms with Crippen molar-refractivity contribution in [1.29, 1.82) is 0 Å². The van der Waals surface area contributed by atoms with Crippen LogP contribution in [0.1, 0.15) is 22.3 Å². The molecule has 0 saturated carbocycles. The fourth-order valence-corrected chi connectivity index (χ4v) is 5.03. The smallest absolute Gasteiger partial charge is 0.218 e. The third-order valence-electron chi connectivity index (χ3n) is 5.08. The molecule has 1 aliphatic rings. The van der Waals surface area contributed by atoms with Gasteiger partial charge in [-0.1, -0.05) is 48.5 Å². The third-order valence-corrected chi connectivity index (χ3v) is 6.88. The van der Waals surface area contributed by atoms with Crippen LogP contribution in [0.2, 0.25) is 0 Å². The number of nitrogens with zero attached hydrogens (tertiary/aromatic N) is 1. The van der Waals surface area contributed by atoms with Gasteiger partial charge in [0, 0.05) is 18.7 Å². The van der Waals surface area contributed by atoms with Crippen molar-refractivity contribution in [2.45, 2.75) is 25.5 Å². The van der Waals surface area contributed by atoms with Crippen LogP contribution in [0.4, 0.5) is 4.39 Å². The van der Waals surface area contributed by atoms with Crippen molar-refractivity contribution in [2.24, 2.45) is 0 Å². The van der Waals surface area contributed by atoms with Gasteiger partial charge >= 0.3 is 0 Å². The first-order valence-corrected chi connectivity index (χ1v) is 11.7. The monoisotopic (exact) mass is 441 g/mol. The zero-order chi connectivity index (χ0) is 21.7. The highest BCUT2D eigenvalue weighted by Gasteiger charge is 2.26. The zero-order valence-corrected chi connectivity index (χ0v) is 17.9. The number of ether oxygens (including phenoxy) is 2. The number of benzene rings is 3. The molecule has 0 unspecified atom stereocenters. The second-order valence-electron chi connectivity index (χ2n) is 7.49. The van der Waals surface area contributed by atoms with Gasteiger partial charge in [0.1, 0.15) is 18.2 Å². The van der Waals surface area contributed by atoms with Crippen molar-refractivity contribution in [1.82, 2.24) is 4.31 Å². The van der Waals surface area contributed by atoms with Crippen LogP contribution >= 0.6 is 0 Å². The largest absolute Gasteiger partial charge is 0.492 e. The molecular formula is C24H24FNO4S. The minimum Gasteiger partial charge on any atom is -0.492 e. The SMILES string of the molecule is O=S(=O)(Cc1ccccc1)N1CCOc2ccc(COCc3cccc(F)c3)cc2C1. The lowest BCUT2D eigenvalue weighted by molar-refractivity contribution is 0.107. The summed E-state index contributed by atoms with van der Waals surface area (Å²) in [7, 11) is -3.49. The van der Waals surface area contributed by atoms with Crippen molar-refractivity contribution >= 4 is 10.0 Å². The van der Waals surface area contributed by atoms with Crippen LogP contribution < -0.4 is 4.74 Å².